The van der Waals surface area contributed by atoms with Gasteiger partial charge in [0, 0.05) is 17.5 Å². The van der Waals surface area contributed by atoms with Gasteiger partial charge in [0.05, 0.1) is 25.5 Å². The number of carbonyl (C=O) groups is 1. The lowest BCUT2D eigenvalue weighted by molar-refractivity contribution is -0.0263. The number of ether oxygens (including phenoxy) is 1. The molecule has 0 aliphatic carbocycles. The van der Waals surface area contributed by atoms with Crippen LogP contribution in [0.4, 0.5) is 4.79 Å². The molecule has 26 heavy (non-hydrogen) atoms. The van der Waals surface area contributed by atoms with Gasteiger partial charge in [0.1, 0.15) is 23.2 Å². The normalized spacial score (nSPS) is 18.8. The van der Waals surface area contributed by atoms with Gasteiger partial charge in [-0.05, 0) is 32.0 Å². The molecular formula is C20H22N2O4. The fraction of sp³-hybridized carbons (Fsp3) is 0.350. The molecule has 0 radical (unpaired) electrons. The lowest BCUT2D eigenvalue weighted by Crippen LogP contribution is -2.47. The van der Waals surface area contributed by atoms with Crippen molar-refractivity contribution in [2.45, 2.75) is 26.0 Å². The van der Waals surface area contributed by atoms with Crippen LogP contribution in [0.5, 0.6) is 0 Å². The Morgan fingerprint density at radius 1 is 1.27 bits per heavy atom. The number of nitrogens with zero attached hydrogens (tertiary/aromatic N) is 1. The summed E-state index contributed by atoms with van der Waals surface area (Å²) in [5.41, 5.74) is 1.90. The highest BCUT2D eigenvalue weighted by molar-refractivity contribution is 5.82. The van der Waals surface area contributed by atoms with E-state index in [1.807, 2.05) is 50.2 Å². The van der Waals surface area contributed by atoms with Gasteiger partial charge in [-0.25, -0.2) is 4.79 Å². The number of aryl methyl sites for hydroxylation is 1. The molecule has 1 saturated heterocycles. The smallest absolute Gasteiger partial charge is 0.318 e. The fourth-order valence-electron chi connectivity index (χ4n) is 3.43. The molecule has 3 aromatic rings. The minimum absolute atomic E-state index is 0.128. The van der Waals surface area contributed by atoms with Gasteiger partial charge in [0.2, 0.25) is 0 Å². The summed E-state index contributed by atoms with van der Waals surface area (Å²) in [6, 6.07) is 11.2. The van der Waals surface area contributed by atoms with Crippen molar-refractivity contribution in [3.05, 3.63) is 59.7 Å². The van der Waals surface area contributed by atoms with Crippen LogP contribution in [0.1, 0.15) is 36.2 Å². The Morgan fingerprint density at radius 2 is 2.12 bits per heavy atom. The van der Waals surface area contributed by atoms with Gasteiger partial charge in [0.15, 0.2) is 0 Å². The molecule has 1 unspecified atom stereocenters. The molecule has 1 aromatic carbocycles. The van der Waals surface area contributed by atoms with E-state index in [1.165, 1.54) is 0 Å². The molecule has 2 amide bonds. The summed E-state index contributed by atoms with van der Waals surface area (Å²) < 4.78 is 17.1. The first-order chi connectivity index (χ1) is 12.6. The minimum atomic E-state index is -0.229. The van der Waals surface area contributed by atoms with Crippen molar-refractivity contribution in [2.75, 3.05) is 19.7 Å². The van der Waals surface area contributed by atoms with E-state index in [9.17, 15) is 4.79 Å². The number of morpholine rings is 1. The maximum absolute atomic E-state index is 12.7. The molecule has 1 fully saturated rings. The number of para-hydroxylation sites is 1. The number of benzene rings is 1. The van der Waals surface area contributed by atoms with Crippen LogP contribution in [-0.4, -0.2) is 30.6 Å². The van der Waals surface area contributed by atoms with Crippen LogP contribution in [0, 0.1) is 6.92 Å². The monoisotopic (exact) mass is 354 g/mol. The predicted molar refractivity (Wildman–Crippen MR) is 96.9 cm³/mol. The average molecular weight is 354 g/mol. The molecule has 1 aliphatic rings. The van der Waals surface area contributed by atoms with E-state index in [0.29, 0.717) is 19.7 Å². The van der Waals surface area contributed by atoms with E-state index >= 15 is 0 Å². The lowest BCUT2D eigenvalue weighted by atomic mass is 10.1. The molecule has 1 aliphatic heterocycles. The zero-order valence-corrected chi connectivity index (χ0v) is 14.9. The van der Waals surface area contributed by atoms with Crippen LogP contribution >= 0.6 is 0 Å². The van der Waals surface area contributed by atoms with Gasteiger partial charge in [-0.2, -0.15) is 0 Å². The number of hydrogen-bond acceptors (Lipinski definition) is 4. The summed E-state index contributed by atoms with van der Waals surface area (Å²) in [5.74, 6) is 1.53. The molecule has 6 heteroatoms. The summed E-state index contributed by atoms with van der Waals surface area (Å²) in [6.45, 7) is 5.45. The molecule has 0 bridgehead atoms. The first-order valence-corrected chi connectivity index (χ1v) is 8.82. The average Bonchev–Trinajstić information content (AvgIpc) is 3.31. The third-order valence-electron chi connectivity index (χ3n) is 4.83. The van der Waals surface area contributed by atoms with Crippen LogP contribution in [0.15, 0.2) is 51.5 Å². The molecule has 3 heterocycles. The van der Waals surface area contributed by atoms with Crippen LogP contribution in [-0.2, 0) is 4.74 Å². The second-order valence-corrected chi connectivity index (χ2v) is 6.58. The zero-order chi connectivity index (χ0) is 18.1. The molecule has 0 spiro atoms. The molecular weight excluding hydrogens is 332 g/mol. The molecule has 2 atom stereocenters. The quantitative estimate of drug-likeness (QED) is 0.766. The highest BCUT2D eigenvalue weighted by Crippen LogP contribution is 2.29. The molecule has 1 N–H and O–H groups in total. The van der Waals surface area contributed by atoms with E-state index < -0.39 is 0 Å². The number of amides is 2. The Hall–Kier alpha value is -2.73. The largest absolute Gasteiger partial charge is 0.467 e. The van der Waals surface area contributed by atoms with Crippen molar-refractivity contribution in [3.8, 4) is 0 Å². The number of hydrogen-bond donors (Lipinski definition) is 1. The first kappa shape index (κ1) is 16.7. The number of carbonyl (C=O) groups excluding carboxylic acids is 1. The minimum Gasteiger partial charge on any atom is -0.467 e. The summed E-state index contributed by atoms with van der Waals surface area (Å²) >= 11 is 0. The Kier molecular flexibility index (Phi) is 4.42. The highest BCUT2D eigenvalue weighted by Gasteiger charge is 2.28. The third-order valence-corrected chi connectivity index (χ3v) is 4.83. The standard InChI is InChI=1S/C20H22N2O4/c1-13-15-6-3-4-7-16(15)26-19(13)14(2)21-20(23)22-9-11-25-18(12-22)17-8-5-10-24-17/h3-8,10,14,18H,9,11-12H2,1-2H3,(H,21,23)/t14-,18?/m1/s1. The Balaban J connectivity index is 1.46. The lowest BCUT2D eigenvalue weighted by Gasteiger charge is -2.32. The third kappa shape index (κ3) is 3.08. The van der Waals surface area contributed by atoms with Crippen molar-refractivity contribution in [2.24, 2.45) is 0 Å². The van der Waals surface area contributed by atoms with E-state index in [-0.39, 0.29) is 18.2 Å². The van der Waals surface area contributed by atoms with Gasteiger partial charge in [-0.3, -0.25) is 0 Å². The number of fused-ring (bicyclic) bond motifs is 1. The van der Waals surface area contributed by atoms with Crippen molar-refractivity contribution >= 4 is 17.0 Å². The SMILES string of the molecule is Cc1c([C@@H](C)NC(=O)N2CCOC(c3ccco3)C2)oc2ccccc12. The first-order valence-electron chi connectivity index (χ1n) is 8.82. The second-order valence-electron chi connectivity index (χ2n) is 6.58. The molecule has 4 rings (SSSR count). The number of urea groups is 1. The van der Waals surface area contributed by atoms with Crippen molar-refractivity contribution in [3.63, 3.8) is 0 Å². The van der Waals surface area contributed by atoms with E-state index in [4.69, 9.17) is 13.6 Å². The van der Waals surface area contributed by atoms with Crippen LogP contribution in [0.25, 0.3) is 11.0 Å². The van der Waals surface area contributed by atoms with Crippen molar-refractivity contribution in [1.29, 1.82) is 0 Å². The highest BCUT2D eigenvalue weighted by atomic mass is 16.5. The summed E-state index contributed by atoms with van der Waals surface area (Å²) in [6.07, 6.45) is 1.39. The zero-order valence-electron chi connectivity index (χ0n) is 14.9. The van der Waals surface area contributed by atoms with Gasteiger partial charge >= 0.3 is 6.03 Å². The van der Waals surface area contributed by atoms with Crippen LogP contribution in [0.2, 0.25) is 0 Å². The second kappa shape index (κ2) is 6.88. The van der Waals surface area contributed by atoms with Gasteiger partial charge in [-0.15, -0.1) is 0 Å². The molecule has 136 valence electrons. The van der Waals surface area contributed by atoms with E-state index in [1.54, 1.807) is 11.2 Å². The Bertz CT molecular complexity index is 900. The van der Waals surface area contributed by atoms with Gasteiger partial charge in [-0.1, -0.05) is 18.2 Å². The van der Waals surface area contributed by atoms with Gasteiger partial charge < -0.3 is 23.8 Å². The molecule has 6 nitrogen and oxygen atoms in total. The molecule has 0 saturated carbocycles. The predicted octanol–water partition coefficient (Wildman–Crippen LogP) is 4.18. The maximum atomic E-state index is 12.7. The number of nitrogens with one attached hydrogen (secondary N) is 1. The van der Waals surface area contributed by atoms with E-state index in [0.717, 1.165) is 28.1 Å². The summed E-state index contributed by atoms with van der Waals surface area (Å²) in [5, 5.41) is 4.12. The molecule has 2 aromatic heterocycles. The maximum Gasteiger partial charge on any atom is 0.318 e. The topological polar surface area (TPSA) is 67.9 Å². The Labute approximate surface area is 151 Å². The van der Waals surface area contributed by atoms with Crippen molar-refractivity contribution in [1.82, 2.24) is 10.2 Å². The van der Waals surface area contributed by atoms with E-state index in [2.05, 4.69) is 5.32 Å². The van der Waals surface area contributed by atoms with Crippen molar-refractivity contribution < 1.29 is 18.4 Å². The summed E-state index contributed by atoms with van der Waals surface area (Å²) in [4.78, 5) is 14.5. The number of furan rings is 2. The Morgan fingerprint density at radius 3 is 2.88 bits per heavy atom. The summed E-state index contributed by atoms with van der Waals surface area (Å²) in [7, 11) is 0. The van der Waals surface area contributed by atoms with Gasteiger partial charge in [0.25, 0.3) is 0 Å². The van der Waals surface area contributed by atoms with Crippen LogP contribution in [0.3, 0.4) is 0 Å². The number of rotatable bonds is 3. The fourth-order valence-corrected chi connectivity index (χ4v) is 3.43. The van der Waals surface area contributed by atoms with Crippen LogP contribution < -0.4 is 5.32 Å².